The number of para-hydroxylation sites is 1. The first-order valence-electron chi connectivity index (χ1n) is 16.5. The second kappa shape index (κ2) is 17.8. The van der Waals surface area contributed by atoms with Crippen LogP contribution in [0.1, 0.15) is 36.5 Å². The molecule has 1 fully saturated rings. The highest BCUT2D eigenvalue weighted by Gasteiger charge is 2.24. The number of anilines is 2. The van der Waals surface area contributed by atoms with E-state index in [4.69, 9.17) is 4.74 Å². The van der Waals surface area contributed by atoms with E-state index in [-0.39, 0.29) is 36.7 Å². The summed E-state index contributed by atoms with van der Waals surface area (Å²) in [6.07, 6.45) is 0.519. The van der Waals surface area contributed by atoms with Gasteiger partial charge in [0.1, 0.15) is 11.9 Å². The van der Waals surface area contributed by atoms with Crippen molar-refractivity contribution in [3.05, 3.63) is 114 Å². The highest BCUT2D eigenvalue weighted by atomic mass is 16.6. The van der Waals surface area contributed by atoms with Crippen LogP contribution in [0, 0.1) is 0 Å². The van der Waals surface area contributed by atoms with Crippen molar-refractivity contribution in [2.24, 2.45) is 0 Å². The normalized spacial score (nSPS) is 14.1. The molecule has 4 aromatic carbocycles. The standard InChI is InChI=1S/C38H43N5O6/c44-27-40-34-23-30(15-16-35(34)45)36(46)24-39-26-43(25-28-9-3-1-4-10-28)37(47)19-22-42-20-17-31(18-21-42)49-38(48)41-33-14-8-7-13-32(33)29-11-5-2-6-12-29/h1-16,23,27,31,36,39,45-46H,17-22,24-26H2,(H,40,44)(H,41,48). The predicted molar refractivity (Wildman–Crippen MR) is 189 cm³/mol. The maximum atomic E-state index is 13.5. The summed E-state index contributed by atoms with van der Waals surface area (Å²) >= 11 is 0. The number of nitrogens with zero attached hydrogens (tertiary/aromatic N) is 2. The Morgan fingerprint density at radius 1 is 0.918 bits per heavy atom. The van der Waals surface area contributed by atoms with E-state index < -0.39 is 12.2 Å². The number of hydrogen-bond acceptors (Lipinski definition) is 8. The topological polar surface area (TPSA) is 143 Å². The summed E-state index contributed by atoms with van der Waals surface area (Å²) in [7, 11) is 0. The van der Waals surface area contributed by atoms with Crippen molar-refractivity contribution in [1.82, 2.24) is 15.1 Å². The monoisotopic (exact) mass is 665 g/mol. The largest absolute Gasteiger partial charge is 0.506 e. The molecule has 11 heteroatoms. The van der Waals surface area contributed by atoms with Gasteiger partial charge < -0.3 is 30.1 Å². The Balaban J connectivity index is 1.08. The zero-order valence-corrected chi connectivity index (χ0v) is 27.3. The number of phenolic OH excluding ortho intramolecular Hbond substituents is 1. The van der Waals surface area contributed by atoms with Crippen LogP contribution in [0.5, 0.6) is 5.75 Å². The van der Waals surface area contributed by atoms with Crippen LogP contribution in [0.15, 0.2) is 103 Å². The number of benzene rings is 4. The molecule has 1 atom stereocenters. The zero-order chi connectivity index (χ0) is 34.4. The second-order valence-electron chi connectivity index (χ2n) is 12.0. The molecule has 0 aliphatic carbocycles. The fourth-order valence-corrected chi connectivity index (χ4v) is 5.85. The highest BCUT2D eigenvalue weighted by Crippen LogP contribution is 2.28. The van der Waals surface area contributed by atoms with Crippen LogP contribution >= 0.6 is 0 Å². The van der Waals surface area contributed by atoms with Gasteiger partial charge in [0.15, 0.2) is 0 Å². The van der Waals surface area contributed by atoms with Crippen LogP contribution in [0.25, 0.3) is 11.1 Å². The summed E-state index contributed by atoms with van der Waals surface area (Å²) in [6, 6.07) is 31.7. The molecule has 0 radical (unpaired) electrons. The molecule has 1 aliphatic rings. The third-order valence-corrected chi connectivity index (χ3v) is 8.53. The van der Waals surface area contributed by atoms with E-state index in [1.54, 1.807) is 11.0 Å². The number of piperidine rings is 1. The molecule has 1 unspecified atom stereocenters. The SMILES string of the molecule is O=CNc1cc(C(O)CNCN(Cc2ccccc2)C(=O)CCN2CCC(OC(=O)Nc3ccccc3-c3ccccc3)CC2)ccc1O. The van der Waals surface area contributed by atoms with E-state index in [9.17, 15) is 24.6 Å². The fraction of sp³-hybridized carbons (Fsp3) is 0.289. The van der Waals surface area contributed by atoms with Crippen molar-refractivity contribution in [1.29, 1.82) is 0 Å². The maximum absolute atomic E-state index is 13.5. The lowest BCUT2D eigenvalue weighted by Crippen LogP contribution is -2.43. The minimum Gasteiger partial charge on any atom is -0.506 e. The van der Waals surface area contributed by atoms with Gasteiger partial charge in [0, 0.05) is 44.7 Å². The number of phenols is 1. The minimum atomic E-state index is -0.925. The number of rotatable bonds is 15. The summed E-state index contributed by atoms with van der Waals surface area (Å²) in [5.74, 6) is -0.124. The first kappa shape index (κ1) is 35.1. The van der Waals surface area contributed by atoms with Gasteiger partial charge in [-0.05, 0) is 47.7 Å². The second-order valence-corrected chi connectivity index (χ2v) is 12.0. The number of hydrogen-bond donors (Lipinski definition) is 5. The molecule has 5 rings (SSSR count). The third kappa shape index (κ3) is 10.4. The molecular formula is C38H43N5O6. The molecule has 1 aliphatic heterocycles. The van der Waals surface area contributed by atoms with Crippen LogP contribution in [0.2, 0.25) is 0 Å². The van der Waals surface area contributed by atoms with Crippen molar-refractivity contribution in [2.75, 3.05) is 43.5 Å². The number of carbonyl (C=O) groups is 3. The van der Waals surface area contributed by atoms with Gasteiger partial charge in [-0.3, -0.25) is 20.2 Å². The summed E-state index contributed by atoms with van der Waals surface area (Å²) in [5.41, 5.74) is 4.33. The summed E-state index contributed by atoms with van der Waals surface area (Å²) in [4.78, 5) is 41.0. The lowest BCUT2D eigenvalue weighted by atomic mass is 10.0. The van der Waals surface area contributed by atoms with Crippen LogP contribution in [-0.4, -0.2) is 77.4 Å². The minimum absolute atomic E-state index is 0.0252. The zero-order valence-electron chi connectivity index (χ0n) is 27.3. The van der Waals surface area contributed by atoms with Gasteiger partial charge in [-0.1, -0.05) is 84.9 Å². The van der Waals surface area contributed by atoms with Gasteiger partial charge >= 0.3 is 6.09 Å². The number of ether oxygens (including phenoxy) is 1. The Bertz CT molecular complexity index is 1660. The lowest BCUT2D eigenvalue weighted by Gasteiger charge is -2.32. The fourth-order valence-electron chi connectivity index (χ4n) is 5.85. The Morgan fingerprint density at radius 3 is 2.35 bits per heavy atom. The van der Waals surface area contributed by atoms with E-state index in [1.807, 2.05) is 84.9 Å². The van der Waals surface area contributed by atoms with Gasteiger partial charge in [-0.15, -0.1) is 0 Å². The molecule has 4 aromatic rings. The Hall–Kier alpha value is -5.23. The van der Waals surface area contributed by atoms with E-state index in [1.165, 1.54) is 12.1 Å². The van der Waals surface area contributed by atoms with E-state index >= 15 is 0 Å². The number of carbonyl (C=O) groups excluding carboxylic acids is 3. The summed E-state index contributed by atoms with van der Waals surface area (Å²) in [6.45, 7) is 2.79. The molecule has 256 valence electrons. The molecule has 0 aromatic heterocycles. The highest BCUT2D eigenvalue weighted by molar-refractivity contribution is 5.91. The predicted octanol–water partition coefficient (Wildman–Crippen LogP) is 5.34. The van der Waals surface area contributed by atoms with E-state index in [0.717, 1.165) is 16.7 Å². The molecule has 49 heavy (non-hydrogen) atoms. The average Bonchev–Trinajstić information content (AvgIpc) is 3.12. The van der Waals surface area contributed by atoms with Crippen LogP contribution < -0.4 is 16.0 Å². The smallest absolute Gasteiger partial charge is 0.411 e. The van der Waals surface area contributed by atoms with Crippen LogP contribution in [-0.2, 0) is 20.9 Å². The van der Waals surface area contributed by atoms with Gasteiger partial charge in [0.2, 0.25) is 12.3 Å². The number of aliphatic hydroxyl groups is 1. The van der Waals surface area contributed by atoms with Crippen LogP contribution in [0.3, 0.4) is 0 Å². The van der Waals surface area contributed by atoms with Crippen molar-refractivity contribution in [3.8, 4) is 16.9 Å². The van der Waals surface area contributed by atoms with E-state index in [2.05, 4.69) is 20.9 Å². The van der Waals surface area contributed by atoms with Gasteiger partial charge in [0.25, 0.3) is 0 Å². The molecule has 11 nitrogen and oxygen atoms in total. The number of nitrogens with one attached hydrogen (secondary N) is 3. The maximum Gasteiger partial charge on any atom is 0.411 e. The lowest BCUT2D eigenvalue weighted by molar-refractivity contribution is -0.132. The Morgan fingerprint density at radius 2 is 1.61 bits per heavy atom. The molecule has 0 bridgehead atoms. The summed E-state index contributed by atoms with van der Waals surface area (Å²) < 4.78 is 5.77. The first-order chi connectivity index (χ1) is 23.9. The van der Waals surface area contributed by atoms with Crippen LogP contribution in [0.4, 0.5) is 16.2 Å². The molecule has 1 saturated heterocycles. The number of aliphatic hydroxyl groups excluding tert-OH is 1. The molecule has 5 N–H and O–H groups in total. The molecule has 3 amide bonds. The molecule has 0 spiro atoms. The Kier molecular flexibility index (Phi) is 12.7. The van der Waals surface area contributed by atoms with Crippen molar-refractivity contribution < 1.29 is 29.3 Å². The molecule has 1 heterocycles. The Labute approximate surface area is 286 Å². The third-order valence-electron chi connectivity index (χ3n) is 8.53. The number of aromatic hydroxyl groups is 1. The first-order valence-corrected chi connectivity index (χ1v) is 16.5. The van der Waals surface area contributed by atoms with Crippen molar-refractivity contribution in [2.45, 2.75) is 38.0 Å². The number of likely N-dealkylation sites (tertiary alicyclic amines) is 1. The van der Waals surface area contributed by atoms with Crippen molar-refractivity contribution in [3.63, 3.8) is 0 Å². The van der Waals surface area contributed by atoms with Gasteiger partial charge in [0.05, 0.1) is 24.1 Å². The number of amides is 3. The summed E-state index contributed by atoms with van der Waals surface area (Å²) in [5, 5.41) is 29.1. The van der Waals surface area contributed by atoms with Gasteiger partial charge in [-0.2, -0.15) is 0 Å². The van der Waals surface area contributed by atoms with Gasteiger partial charge in [-0.25, -0.2) is 4.79 Å². The molecular weight excluding hydrogens is 622 g/mol. The average molecular weight is 666 g/mol. The quantitative estimate of drug-likeness (QED) is 0.0651. The molecule has 0 saturated carbocycles. The van der Waals surface area contributed by atoms with Crippen molar-refractivity contribution >= 4 is 29.8 Å². The van der Waals surface area contributed by atoms with E-state index in [0.29, 0.717) is 63.1 Å².